The summed E-state index contributed by atoms with van der Waals surface area (Å²) in [5.41, 5.74) is 2.34. The van der Waals surface area contributed by atoms with Crippen LogP contribution in [0.4, 0.5) is 27.6 Å². The maximum absolute atomic E-state index is 13.4. The topological polar surface area (TPSA) is 64.9 Å². The van der Waals surface area contributed by atoms with Gasteiger partial charge in [-0.15, -0.1) is 0 Å². The molecule has 0 atom stereocenters. The maximum Gasteiger partial charge on any atom is 0.269 e. The highest BCUT2D eigenvalue weighted by molar-refractivity contribution is 5.95. The van der Waals surface area contributed by atoms with Gasteiger partial charge in [-0.25, -0.2) is 22.0 Å². The number of nitrogens with one attached hydrogen (secondary N) is 2. The Morgan fingerprint density at radius 1 is 0.870 bits per heavy atom. The van der Waals surface area contributed by atoms with Crippen LogP contribution >= 0.6 is 0 Å². The third-order valence-corrected chi connectivity index (χ3v) is 2.79. The summed E-state index contributed by atoms with van der Waals surface area (Å²) in [5, 5.41) is 8.61. The lowest BCUT2D eigenvalue weighted by Crippen LogP contribution is -2.31. The van der Waals surface area contributed by atoms with Gasteiger partial charge in [0.25, 0.3) is 5.91 Å². The third kappa shape index (κ3) is 3.06. The number of rotatable bonds is 3. The number of hydrogen-bond donors (Lipinski definition) is 2. The summed E-state index contributed by atoms with van der Waals surface area (Å²) < 4.78 is 65.6. The number of carbonyl (C=O) groups is 1. The average molecular weight is 327 g/mol. The first-order chi connectivity index (χ1) is 10.9. The van der Waals surface area contributed by atoms with Crippen molar-refractivity contribution in [3.63, 3.8) is 0 Å². The van der Waals surface area contributed by atoms with E-state index in [2.05, 4.69) is 0 Å². The van der Waals surface area contributed by atoms with Gasteiger partial charge in [-0.2, -0.15) is 5.26 Å². The Morgan fingerprint density at radius 3 is 1.83 bits per heavy atom. The highest BCUT2D eigenvalue weighted by Gasteiger charge is 2.26. The number of hydrogen-bond acceptors (Lipinski definition) is 3. The molecule has 0 unspecified atom stereocenters. The molecule has 118 valence electrons. The third-order valence-electron chi connectivity index (χ3n) is 2.79. The van der Waals surface area contributed by atoms with Crippen molar-refractivity contribution in [1.82, 2.24) is 5.43 Å². The molecule has 2 aromatic carbocycles. The van der Waals surface area contributed by atoms with E-state index >= 15 is 0 Å². The van der Waals surface area contributed by atoms with Crippen LogP contribution in [0.5, 0.6) is 0 Å². The molecule has 0 aliphatic heterocycles. The first-order valence-electron chi connectivity index (χ1n) is 5.94. The Morgan fingerprint density at radius 2 is 1.35 bits per heavy atom. The average Bonchev–Trinajstić information content (AvgIpc) is 2.58. The fourth-order valence-corrected chi connectivity index (χ4v) is 1.60. The second-order valence-electron chi connectivity index (χ2n) is 4.21. The predicted molar refractivity (Wildman–Crippen MR) is 68.5 cm³/mol. The predicted octanol–water partition coefficient (Wildman–Crippen LogP) is 3.01. The summed E-state index contributed by atoms with van der Waals surface area (Å²) in [6, 6.07) is 6.93. The molecule has 0 spiro atoms. The smallest absolute Gasteiger partial charge is 0.269 e. The molecule has 0 aliphatic rings. The zero-order chi connectivity index (χ0) is 17.1. The van der Waals surface area contributed by atoms with Gasteiger partial charge in [-0.05, 0) is 24.3 Å². The molecule has 0 fully saturated rings. The molecule has 9 heteroatoms. The van der Waals surface area contributed by atoms with Gasteiger partial charge in [-0.1, -0.05) is 0 Å². The second kappa shape index (κ2) is 6.31. The lowest BCUT2D eigenvalue weighted by atomic mass is 10.1. The van der Waals surface area contributed by atoms with Crippen molar-refractivity contribution < 1.29 is 26.7 Å². The van der Waals surface area contributed by atoms with E-state index in [1.165, 1.54) is 24.3 Å². The van der Waals surface area contributed by atoms with E-state index in [4.69, 9.17) is 5.26 Å². The normalized spacial score (nSPS) is 10.1. The van der Waals surface area contributed by atoms with Crippen LogP contribution in [0.1, 0.15) is 15.9 Å². The molecular formula is C14H6F5N3O. The number of nitrogens with zero attached hydrogens (tertiary/aromatic N) is 1. The van der Waals surface area contributed by atoms with Gasteiger partial charge in [-0.3, -0.25) is 15.6 Å². The van der Waals surface area contributed by atoms with E-state index in [9.17, 15) is 26.7 Å². The van der Waals surface area contributed by atoms with Crippen LogP contribution in [0.25, 0.3) is 0 Å². The Kier molecular flexibility index (Phi) is 4.45. The highest BCUT2D eigenvalue weighted by atomic mass is 19.2. The minimum atomic E-state index is -2.30. The summed E-state index contributed by atoms with van der Waals surface area (Å²) in [4.78, 5) is 11.7. The van der Waals surface area contributed by atoms with Gasteiger partial charge >= 0.3 is 0 Å². The molecule has 0 radical (unpaired) electrons. The first kappa shape index (κ1) is 16.2. The maximum atomic E-state index is 13.4. The molecule has 4 nitrogen and oxygen atoms in total. The van der Waals surface area contributed by atoms with Crippen molar-refractivity contribution in [2.45, 2.75) is 0 Å². The van der Waals surface area contributed by atoms with Gasteiger partial charge in [0.05, 0.1) is 11.6 Å². The van der Waals surface area contributed by atoms with Gasteiger partial charge in [0.1, 0.15) is 5.69 Å². The second-order valence-corrected chi connectivity index (χ2v) is 4.21. The number of carbonyl (C=O) groups excluding carboxylic acids is 1. The molecule has 0 saturated heterocycles. The van der Waals surface area contributed by atoms with Crippen LogP contribution in [0.15, 0.2) is 24.3 Å². The van der Waals surface area contributed by atoms with Crippen molar-refractivity contribution in [3.8, 4) is 6.07 Å². The molecule has 2 aromatic rings. The summed E-state index contributed by atoms with van der Waals surface area (Å²) in [6.45, 7) is 0. The molecule has 2 rings (SSSR count). The van der Waals surface area contributed by atoms with Crippen LogP contribution in [-0.4, -0.2) is 5.91 Å². The Hall–Kier alpha value is -3.15. The molecule has 0 bridgehead atoms. The number of anilines is 1. The van der Waals surface area contributed by atoms with Crippen molar-refractivity contribution in [2.24, 2.45) is 0 Å². The van der Waals surface area contributed by atoms with E-state index in [0.717, 1.165) is 0 Å². The molecule has 0 saturated carbocycles. The van der Waals surface area contributed by atoms with E-state index < -0.39 is 40.7 Å². The zero-order valence-corrected chi connectivity index (χ0v) is 11.1. The molecule has 1 amide bonds. The molecule has 2 N–H and O–H groups in total. The number of amides is 1. The van der Waals surface area contributed by atoms with Gasteiger partial charge in [0.2, 0.25) is 5.82 Å². The number of hydrazine groups is 1. The minimum Gasteiger partial charge on any atom is -0.293 e. The SMILES string of the molecule is N#Cc1ccc(C(=O)NNc2c(F)c(F)c(F)c(F)c2F)cc1. The van der Waals surface area contributed by atoms with Crippen molar-refractivity contribution in [2.75, 3.05) is 5.43 Å². The lowest BCUT2D eigenvalue weighted by molar-refractivity contribution is 0.0962. The summed E-state index contributed by atoms with van der Waals surface area (Å²) >= 11 is 0. The van der Waals surface area contributed by atoms with Crippen LogP contribution in [0.2, 0.25) is 0 Å². The van der Waals surface area contributed by atoms with Crippen LogP contribution in [0.3, 0.4) is 0 Å². The molecule has 23 heavy (non-hydrogen) atoms. The summed E-state index contributed by atoms with van der Waals surface area (Å²) in [5.74, 6) is -11.7. The number of benzene rings is 2. The Balaban J connectivity index is 2.21. The van der Waals surface area contributed by atoms with E-state index in [-0.39, 0.29) is 11.1 Å². The van der Waals surface area contributed by atoms with E-state index in [1.807, 2.05) is 6.07 Å². The van der Waals surface area contributed by atoms with Gasteiger partial charge in [0, 0.05) is 5.56 Å². The van der Waals surface area contributed by atoms with Crippen LogP contribution in [-0.2, 0) is 0 Å². The summed E-state index contributed by atoms with van der Waals surface area (Å²) in [7, 11) is 0. The Bertz CT molecular complexity index is 786. The number of nitriles is 1. The van der Waals surface area contributed by atoms with Gasteiger partial charge < -0.3 is 0 Å². The molecular weight excluding hydrogens is 321 g/mol. The van der Waals surface area contributed by atoms with Crippen LogP contribution in [0, 0.1) is 40.4 Å². The Labute approximate surface area is 126 Å². The molecule has 0 aromatic heterocycles. The van der Waals surface area contributed by atoms with Crippen LogP contribution < -0.4 is 10.9 Å². The minimum absolute atomic E-state index is 0.000344. The van der Waals surface area contributed by atoms with Gasteiger partial charge in [0.15, 0.2) is 23.3 Å². The monoisotopic (exact) mass is 327 g/mol. The standard InChI is InChI=1S/C14H6F5N3O/c15-8-9(16)11(18)13(12(19)10(8)17)21-22-14(23)7-3-1-6(5-20)2-4-7/h1-4,21H,(H,22,23). The highest BCUT2D eigenvalue weighted by Crippen LogP contribution is 2.26. The largest absolute Gasteiger partial charge is 0.293 e. The van der Waals surface area contributed by atoms with E-state index in [0.29, 0.717) is 0 Å². The van der Waals surface area contributed by atoms with Crippen molar-refractivity contribution in [3.05, 3.63) is 64.5 Å². The number of halogens is 5. The molecule has 0 aliphatic carbocycles. The fourth-order valence-electron chi connectivity index (χ4n) is 1.60. The molecule has 0 heterocycles. The van der Waals surface area contributed by atoms with Crippen molar-refractivity contribution in [1.29, 1.82) is 5.26 Å². The van der Waals surface area contributed by atoms with E-state index in [1.54, 1.807) is 10.9 Å². The lowest BCUT2D eigenvalue weighted by Gasteiger charge is -2.11. The van der Waals surface area contributed by atoms with Crippen molar-refractivity contribution >= 4 is 11.6 Å². The first-order valence-corrected chi connectivity index (χ1v) is 5.94. The fraction of sp³-hybridized carbons (Fsp3) is 0. The summed E-state index contributed by atoms with van der Waals surface area (Å²) in [6.07, 6.45) is 0. The zero-order valence-electron chi connectivity index (χ0n) is 11.1. The quantitative estimate of drug-likeness (QED) is 0.394.